The zero-order valence-corrected chi connectivity index (χ0v) is 15.8. The second-order valence-electron chi connectivity index (χ2n) is 7.23. The molecular formula is C23H19F2N3O. The van der Waals surface area contributed by atoms with E-state index in [1.54, 1.807) is 24.3 Å². The Balaban J connectivity index is 1.88. The van der Waals surface area contributed by atoms with Gasteiger partial charge in [-0.2, -0.15) is 5.26 Å². The summed E-state index contributed by atoms with van der Waals surface area (Å²) in [5.41, 5.74) is 9.33. The zero-order valence-electron chi connectivity index (χ0n) is 15.8. The Morgan fingerprint density at radius 1 is 1.14 bits per heavy atom. The van der Waals surface area contributed by atoms with E-state index in [9.17, 15) is 14.0 Å². The lowest BCUT2D eigenvalue weighted by Crippen LogP contribution is -2.36. The fraction of sp³-hybridized carbons (Fsp3) is 0.174. The van der Waals surface area contributed by atoms with Crippen LogP contribution in [0.2, 0.25) is 0 Å². The number of rotatable bonds is 2. The van der Waals surface area contributed by atoms with Crippen molar-refractivity contribution in [1.82, 2.24) is 4.90 Å². The van der Waals surface area contributed by atoms with E-state index in [2.05, 4.69) is 11.0 Å². The predicted octanol–water partition coefficient (Wildman–Crippen LogP) is 4.06. The van der Waals surface area contributed by atoms with Crippen molar-refractivity contribution in [3.8, 4) is 6.07 Å². The van der Waals surface area contributed by atoms with Gasteiger partial charge in [-0.25, -0.2) is 8.78 Å². The van der Waals surface area contributed by atoms with Crippen molar-refractivity contribution in [2.75, 3.05) is 20.1 Å². The van der Waals surface area contributed by atoms with Crippen LogP contribution >= 0.6 is 0 Å². The largest absolute Gasteiger partial charge is 0.440 e. The first kappa shape index (κ1) is 18.9. The van der Waals surface area contributed by atoms with Gasteiger partial charge in [0.15, 0.2) is 0 Å². The first-order valence-electron chi connectivity index (χ1n) is 9.17. The molecular weight excluding hydrogens is 372 g/mol. The number of allylic oxidation sites excluding steroid dienone is 1. The minimum atomic E-state index is -0.502. The van der Waals surface area contributed by atoms with Crippen LogP contribution in [-0.2, 0) is 4.74 Å². The van der Waals surface area contributed by atoms with Gasteiger partial charge in [0.1, 0.15) is 29.0 Å². The highest BCUT2D eigenvalue weighted by molar-refractivity contribution is 5.63. The van der Waals surface area contributed by atoms with Crippen LogP contribution in [0.15, 0.2) is 76.9 Å². The molecule has 6 heteroatoms. The highest BCUT2D eigenvalue weighted by Gasteiger charge is 2.37. The third kappa shape index (κ3) is 3.65. The van der Waals surface area contributed by atoms with Gasteiger partial charge in [0, 0.05) is 18.7 Å². The molecule has 2 aliphatic rings. The quantitative estimate of drug-likeness (QED) is 0.839. The normalized spacial score (nSPS) is 21.0. The molecule has 29 heavy (non-hydrogen) atoms. The van der Waals surface area contributed by atoms with Gasteiger partial charge in [0.2, 0.25) is 5.88 Å². The smallest absolute Gasteiger partial charge is 0.205 e. The predicted molar refractivity (Wildman–Crippen MR) is 106 cm³/mol. The van der Waals surface area contributed by atoms with E-state index in [-0.39, 0.29) is 23.1 Å². The summed E-state index contributed by atoms with van der Waals surface area (Å²) in [6.07, 6.45) is 1.85. The van der Waals surface area contributed by atoms with E-state index in [0.29, 0.717) is 30.0 Å². The summed E-state index contributed by atoms with van der Waals surface area (Å²) < 4.78 is 33.4. The van der Waals surface area contributed by atoms with Gasteiger partial charge in [-0.15, -0.1) is 0 Å². The van der Waals surface area contributed by atoms with Crippen LogP contribution in [0.3, 0.4) is 0 Å². The lowest BCUT2D eigenvalue weighted by atomic mass is 9.80. The van der Waals surface area contributed by atoms with Crippen LogP contribution in [0.1, 0.15) is 17.0 Å². The molecule has 0 fully saturated rings. The second kappa shape index (κ2) is 7.53. The van der Waals surface area contributed by atoms with Gasteiger partial charge in [-0.05, 0) is 54.1 Å². The number of hydrogen-bond acceptors (Lipinski definition) is 4. The van der Waals surface area contributed by atoms with Crippen molar-refractivity contribution >= 4 is 6.08 Å². The van der Waals surface area contributed by atoms with Crippen molar-refractivity contribution in [1.29, 1.82) is 5.26 Å². The Bertz CT molecular complexity index is 1110. The van der Waals surface area contributed by atoms with Gasteiger partial charge in [-0.3, -0.25) is 4.90 Å². The molecule has 2 aromatic rings. The first-order valence-corrected chi connectivity index (χ1v) is 9.17. The molecule has 0 aliphatic carbocycles. The van der Waals surface area contributed by atoms with Crippen molar-refractivity contribution in [3.63, 3.8) is 0 Å². The lowest BCUT2D eigenvalue weighted by Gasteiger charge is -2.36. The number of halogens is 2. The van der Waals surface area contributed by atoms with Crippen LogP contribution < -0.4 is 5.73 Å². The highest BCUT2D eigenvalue weighted by Crippen LogP contribution is 2.43. The lowest BCUT2D eigenvalue weighted by molar-refractivity contribution is 0.251. The summed E-state index contributed by atoms with van der Waals surface area (Å²) in [6.45, 7) is 1.11. The summed E-state index contributed by atoms with van der Waals surface area (Å²) in [6, 6.07) is 14.6. The molecule has 1 atom stereocenters. The van der Waals surface area contributed by atoms with Crippen LogP contribution in [0.25, 0.3) is 6.08 Å². The topological polar surface area (TPSA) is 62.3 Å². The van der Waals surface area contributed by atoms with Gasteiger partial charge in [-0.1, -0.05) is 24.3 Å². The fourth-order valence-corrected chi connectivity index (χ4v) is 3.90. The van der Waals surface area contributed by atoms with Crippen LogP contribution in [0.5, 0.6) is 0 Å². The third-order valence-corrected chi connectivity index (χ3v) is 5.07. The average Bonchev–Trinajstić information content (AvgIpc) is 2.67. The Labute approximate surface area is 167 Å². The minimum absolute atomic E-state index is 0.00945. The Morgan fingerprint density at radius 2 is 1.86 bits per heavy atom. The highest BCUT2D eigenvalue weighted by atomic mass is 19.1. The summed E-state index contributed by atoms with van der Waals surface area (Å²) in [7, 11) is 1.94. The number of nitrogens with zero attached hydrogens (tertiary/aromatic N) is 2. The molecule has 1 unspecified atom stereocenters. The standard InChI is InChI=1S/C23H19F2N3O/c1-28-12-16(8-14-4-2-6-17(24)9-14)22-20(13-28)21(19(11-26)23(27)29-22)15-5-3-7-18(25)10-15/h2-10,21H,12-13,27H2,1H3. The van der Waals surface area contributed by atoms with E-state index in [0.717, 1.165) is 11.1 Å². The van der Waals surface area contributed by atoms with Crippen LogP contribution in [0, 0.1) is 23.0 Å². The molecule has 0 amide bonds. The Kier molecular flexibility index (Phi) is 4.91. The zero-order chi connectivity index (χ0) is 20.5. The number of nitriles is 1. The monoisotopic (exact) mass is 391 g/mol. The maximum absolute atomic E-state index is 13.9. The molecule has 2 aromatic carbocycles. The Morgan fingerprint density at radius 3 is 2.55 bits per heavy atom. The molecule has 4 rings (SSSR count). The number of ether oxygens (including phenoxy) is 1. The third-order valence-electron chi connectivity index (χ3n) is 5.07. The molecule has 0 bridgehead atoms. The molecule has 2 heterocycles. The van der Waals surface area contributed by atoms with Gasteiger partial charge in [0.25, 0.3) is 0 Å². The molecule has 146 valence electrons. The van der Waals surface area contributed by atoms with Gasteiger partial charge < -0.3 is 10.5 Å². The molecule has 0 aromatic heterocycles. The van der Waals surface area contributed by atoms with E-state index < -0.39 is 5.92 Å². The minimum Gasteiger partial charge on any atom is -0.440 e. The Hall–Kier alpha value is -3.43. The summed E-state index contributed by atoms with van der Waals surface area (Å²) >= 11 is 0. The summed E-state index contributed by atoms with van der Waals surface area (Å²) in [4.78, 5) is 2.07. The molecule has 0 saturated carbocycles. The maximum Gasteiger partial charge on any atom is 0.205 e. The number of likely N-dealkylation sites (N-methyl/N-ethyl adjacent to an activating group) is 1. The number of hydrogen-bond donors (Lipinski definition) is 1. The molecule has 2 N–H and O–H groups in total. The SMILES string of the molecule is CN1CC(=Cc2cccc(F)c2)C2=C(C1)C(c1cccc(F)c1)C(C#N)=C(N)O2. The second-order valence-corrected chi connectivity index (χ2v) is 7.23. The summed E-state index contributed by atoms with van der Waals surface area (Å²) in [5, 5.41) is 9.70. The first-order chi connectivity index (χ1) is 14.0. The molecule has 4 nitrogen and oxygen atoms in total. The molecule has 0 spiro atoms. The molecule has 2 aliphatic heterocycles. The van der Waals surface area contributed by atoms with E-state index in [4.69, 9.17) is 10.5 Å². The molecule has 0 saturated heterocycles. The van der Waals surface area contributed by atoms with Crippen LogP contribution in [0.4, 0.5) is 8.78 Å². The van der Waals surface area contributed by atoms with E-state index in [1.165, 1.54) is 24.3 Å². The summed E-state index contributed by atoms with van der Waals surface area (Å²) in [5.74, 6) is -0.635. The van der Waals surface area contributed by atoms with E-state index >= 15 is 0 Å². The van der Waals surface area contributed by atoms with Crippen molar-refractivity contribution in [3.05, 3.63) is 99.7 Å². The van der Waals surface area contributed by atoms with Crippen LogP contribution in [-0.4, -0.2) is 25.0 Å². The van der Waals surface area contributed by atoms with Crippen molar-refractivity contribution in [2.45, 2.75) is 5.92 Å². The fourth-order valence-electron chi connectivity index (χ4n) is 3.90. The van der Waals surface area contributed by atoms with Gasteiger partial charge >= 0.3 is 0 Å². The van der Waals surface area contributed by atoms with Gasteiger partial charge in [0.05, 0.1) is 5.92 Å². The van der Waals surface area contributed by atoms with Crippen molar-refractivity contribution < 1.29 is 13.5 Å². The number of nitrogens with two attached hydrogens (primary N) is 1. The average molecular weight is 391 g/mol. The van der Waals surface area contributed by atoms with E-state index in [1.807, 2.05) is 13.1 Å². The molecule has 0 radical (unpaired) electrons. The number of benzene rings is 2. The van der Waals surface area contributed by atoms with Crippen molar-refractivity contribution in [2.24, 2.45) is 5.73 Å². The maximum atomic E-state index is 13.9.